The van der Waals surface area contributed by atoms with Crippen LogP contribution in [0, 0.1) is 17.1 Å². The van der Waals surface area contributed by atoms with Crippen LogP contribution in [-0.4, -0.2) is 12.8 Å². The summed E-state index contributed by atoms with van der Waals surface area (Å²) >= 11 is 5.47. The predicted octanol–water partition coefficient (Wildman–Crippen LogP) is 0.122. The molecular weight excluding hydrogens is 179 g/mol. The molecule has 1 aromatic heterocycles. The van der Waals surface area contributed by atoms with E-state index in [1.807, 2.05) is 0 Å². The number of nitriles is 1. The van der Waals surface area contributed by atoms with Crippen molar-refractivity contribution in [3.8, 4) is 6.07 Å². The number of nitrogens with zero attached hydrogens (tertiary/aromatic N) is 2. The highest BCUT2D eigenvalue weighted by Crippen LogP contribution is 2.21. The normalized spacial score (nSPS) is 9.42. The second-order valence-electron chi connectivity index (χ2n) is 2.00. The van der Waals surface area contributed by atoms with Gasteiger partial charge < -0.3 is 5.73 Å². The van der Waals surface area contributed by atoms with E-state index in [2.05, 4.69) is 4.98 Å². The number of hydrogen-bond acceptors (Lipinski definition) is 3. The molecule has 0 atom stereocenters. The Morgan fingerprint density at radius 2 is 2.25 bits per heavy atom. The summed E-state index contributed by atoms with van der Waals surface area (Å²) < 4.78 is 12.8. The molecule has 1 rings (SSSR count). The molecule has 0 aliphatic rings. The Morgan fingerprint density at radius 3 is 2.75 bits per heavy atom. The van der Waals surface area contributed by atoms with Crippen molar-refractivity contribution in [3.63, 3.8) is 0 Å². The Labute approximate surface area is 74.4 Å². The number of anilines is 1. The number of rotatable bonds is 0. The van der Waals surface area contributed by atoms with Gasteiger partial charge in [-0.05, 0) is 0 Å². The van der Waals surface area contributed by atoms with Gasteiger partial charge in [0, 0.05) is 5.59 Å². The van der Waals surface area contributed by atoms with Crippen molar-refractivity contribution in [1.29, 1.82) is 5.26 Å². The zero-order valence-corrected chi connectivity index (χ0v) is 6.56. The fourth-order valence-corrected chi connectivity index (χ4v) is 0.822. The number of hydrogen-bond donors (Lipinski definition) is 1. The molecule has 2 N–H and O–H groups in total. The Kier molecular flexibility index (Phi) is 2.20. The molecule has 1 heterocycles. The van der Waals surface area contributed by atoms with E-state index in [1.165, 1.54) is 0 Å². The van der Waals surface area contributed by atoms with Crippen LogP contribution in [-0.2, 0) is 0 Å². The number of nitrogens with two attached hydrogens (primary N) is 1. The predicted molar refractivity (Wildman–Crippen MR) is 43.7 cm³/mol. The first-order valence-corrected chi connectivity index (χ1v) is 3.25. The van der Waals surface area contributed by atoms with Crippen LogP contribution in [0.1, 0.15) is 5.69 Å². The van der Waals surface area contributed by atoms with Gasteiger partial charge in [0.1, 0.15) is 18.9 Å². The molecule has 12 heavy (non-hydrogen) atoms. The van der Waals surface area contributed by atoms with Crippen LogP contribution in [0.3, 0.4) is 0 Å². The van der Waals surface area contributed by atoms with Crippen LogP contribution in [0.4, 0.5) is 10.1 Å². The number of pyridine rings is 1. The average molecular weight is 181 g/mol. The number of nitrogen functional groups attached to an aromatic ring is 1. The minimum Gasteiger partial charge on any atom is -0.395 e. The van der Waals surface area contributed by atoms with Gasteiger partial charge in [0.25, 0.3) is 0 Å². The minimum absolute atomic E-state index is 0.173. The quantitative estimate of drug-likeness (QED) is 0.578. The van der Waals surface area contributed by atoms with Crippen molar-refractivity contribution in [2.75, 3.05) is 5.73 Å². The largest absolute Gasteiger partial charge is 0.395 e. The van der Waals surface area contributed by atoms with Gasteiger partial charge in [-0.25, -0.2) is 9.37 Å². The standard InChI is InChI=1S/C6H2BClFN3/c7-6-4(9)5(11)3(8)2(1-10)12-6/h(H2,11,12). The van der Waals surface area contributed by atoms with E-state index >= 15 is 0 Å². The van der Waals surface area contributed by atoms with Gasteiger partial charge in [-0.15, -0.1) is 0 Å². The molecule has 0 fully saturated rings. The Morgan fingerprint density at radius 1 is 1.67 bits per heavy atom. The van der Waals surface area contributed by atoms with Crippen molar-refractivity contribution in [3.05, 3.63) is 16.5 Å². The lowest BCUT2D eigenvalue weighted by molar-refractivity contribution is 0.636. The maximum Gasteiger partial charge on any atom is 0.160 e. The number of aromatic nitrogens is 1. The summed E-state index contributed by atoms with van der Waals surface area (Å²) in [6.45, 7) is 0. The van der Waals surface area contributed by atoms with Crippen molar-refractivity contribution >= 4 is 30.7 Å². The lowest BCUT2D eigenvalue weighted by Crippen LogP contribution is -2.17. The van der Waals surface area contributed by atoms with E-state index in [0.29, 0.717) is 0 Å². The SMILES string of the molecule is [B]c1nc(C#N)c(Cl)c(N)c1F. The monoisotopic (exact) mass is 181 g/mol. The first-order chi connectivity index (χ1) is 5.57. The second-order valence-corrected chi connectivity index (χ2v) is 2.38. The maximum absolute atomic E-state index is 12.8. The third kappa shape index (κ3) is 1.21. The van der Waals surface area contributed by atoms with Crippen molar-refractivity contribution in [2.24, 2.45) is 0 Å². The summed E-state index contributed by atoms with van der Waals surface area (Å²) in [5.41, 5.74) is 4.24. The first kappa shape index (κ1) is 8.82. The third-order valence-electron chi connectivity index (χ3n) is 1.24. The molecule has 0 aliphatic heterocycles. The van der Waals surface area contributed by atoms with Crippen LogP contribution in [0.2, 0.25) is 5.02 Å². The van der Waals surface area contributed by atoms with Crippen LogP contribution >= 0.6 is 11.6 Å². The van der Waals surface area contributed by atoms with Crippen molar-refractivity contribution < 1.29 is 4.39 Å². The maximum atomic E-state index is 12.8. The third-order valence-corrected chi connectivity index (χ3v) is 1.63. The Balaban J connectivity index is 3.52. The van der Waals surface area contributed by atoms with Gasteiger partial charge in [0.15, 0.2) is 11.5 Å². The fourth-order valence-electron chi connectivity index (χ4n) is 0.655. The highest BCUT2D eigenvalue weighted by atomic mass is 35.5. The molecule has 0 amide bonds. The van der Waals surface area contributed by atoms with E-state index in [1.54, 1.807) is 6.07 Å². The van der Waals surface area contributed by atoms with Gasteiger partial charge >= 0.3 is 0 Å². The molecule has 0 saturated heterocycles. The summed E-state index contributed by atoms with van der Waals surface area (Å²) in [5.74, 6) is -0.890. The van der Waals surface area contributed by atoms with E-state index < -0.39 is 11.4 Å². The van der Waals surface area contributed by atoms with E-state index in [9.17, 15) is 4.39 Å². The summed E-state index contributed by atoms with van der Waals surface area (Å²) in [7, 11) is 5.09. The van der Waals surface area contributed by atoms with Crippen LogP contribution in [0.15, 0.2) is 0 Å². The van der Waals surface area contributed by atoms with Crippen molar-refractivity contribution in [2.45, 2.75) is 0 Å². The molecule has 0 bridgehead atoms. The number of halogens is 2. The minimum atomic E-state index is -0.890. The second kappa shape index (κ2) is 2.99. The molecule has 6 heteroatoms. The van der Waals surface area contributed by atoms with Crippen LogP contribution < -0.4 is 11.3 Å². The van der Waals surface area contributed by atoms with Gasteiger partial charge in [0.2, 0.25) is 0 Å². The first-order valence-electron chi connectivity index (χ1n) is 2.88. The molecule has 0 aliphatic carbocycles. The Hall–Kier alpha value is -1.28. The highest BCUT2D eigenvalue weighted by Gasteiger charge is 2.12. The highest BCUT2D eigenvalue weighted by molar-refractivity contribution is 6.36. The van der Waals surface area contributed by atoms with Gasteiger partial charge in [0.05, 0.1) is 5.69 Å². The molecule has 3 nitrogen and oxygen atoms in total. The summed E-state index contributed by atoms with van der Waals surface area (Å²) in [4.78, 5) is 3.38. The van der Waals surface area contributed by atoms with E-state index in [-0.39, 0.29) is 16.4 Å². The molecule has 1 aromatic rings. The van der Waals surface area contributed by atoms with Crippen molar-refractivity contribution in [1.82, 2.24) is 4.98 Å². The van der Waals surface area contributed by atoms with Crippen LogP contribution in [0.25, 0.3) is 0 Å². The van der Waals surface area contributed by atoms with Crippen LogP contribution in [0.5, 0.6) is 0 Å². The molecular formula is C6H2BClFN3. The van der Waals surface area contributed by atoms with Gasteiger partial charge in [-0.3, -0.25) is 0 Å². The Bertz CT molecular complexity index is 374. The molecule has 0 aromatic carbocycles. The molecule has 58 valence electrons. The lowest BCUT2D eigenvalue weighted by atomic mass is 10.0. The molecule has 0 saturated carbocycles. The topological polar surface area (TPSA) is 62.7 Å². The zero-order chi connectivity index (χ0) is 9.30. The van der Waals surface area contributed by atoms with Gasteiger partial charge in [-0.1, -0.05) is 11.6 Å². The summed E-state index contributed by atoms with van der Waals surface area (Å²) in [5, 5.41) is 8.22. The summed E-state index contributed by atoms with van der Waals surface area (Å²) in [6, 6.07) is 1.63. The zero-order valence-electron chi connectivity index (χ0n) is 5.81. The average Bonchev–Trinajstić information content (AvgIpc) is 2.08. The van der Waals surface area contributed by atoms with E-state index in [4.69, 9.17) is 30.4 Å². The molecule has 0 spiro atoms. The van der Waals surface area contributed by atoms with E-state index in [0.717, 1.165) is 0 Å². The smallest absolute Gasteiger partial charge is 0.160 e. The molecule has 2 radical (unpaired) electrons. The van der Waals surface area contributed by atoms with Gasteiger partial charge in [-0.2, -0.15) is 5.26 Å². The summed E-state index contributed by atoms with van der Waals surface area (Å²) in [6.07, 6.45) is 0. The fraction of sp³-hybridized carbons (Fsp3) is 0. The molecule has 0 unspecified atom stereocenters. The lowest BCUT2D eigenvalue weighted by Gasteiger charge is -2.03.